The van der Waals surface area contributed by atoms with E-state index in [1.54, 1.807) is 0 Å². The molecule has 1 nitrogen and oxygen atoms in total. The maximum absolute atomic E-state index is 6.83. The lowest BCUT2D eigenvalue weighted by atomic mass is 9.63. The van der Waals surface area contributed by atoms with Gasteiger partial charge in [-0.1, -0.05) is 182 Å². The SMILES string of the molecule is c1ccc(-c2cccc3cccc(-c4ccccc4-c4ccc5c(c4)Oc4ccccc4C5(c4ccccc4)c4ccccc4)c23)cc1. The number of para-hydroxylation sites is 1. The number of fused-ring (bicyclic) bond motifs is 3. The summed E-state index contributed by atoms with van der Waals surface area (Å²) in [6, 6.07) is 69.7. The Morgan fingerprint density at radius 3 is 1.58 bits per heavy atom. The third-order valence-electron chi connectivity index (χ3n) is 9.83. The first kappa shape index (κ1) is 28.1. The van der Waals surface area contributed by atoms with Gasteiger partial charge in [0, 0.05) is 11.1 Å². The van der Waals surface area contributed by atoms with Gasteiger partial charge >= 0.3 is 0 Å². The minimum absolute atomic E-state index is 0.537. The van der Waals surface area contributed by atoms with Crippen LogP contribution in [0.5, 0.6) is 11.5 Å². The van der Waals surface area contributed by atoms with Gasteiger partial charge in [-0.05, 0) is 67.4 Å². The fourth-order valence-corrected chi connectivity index (χ4v) is 7.77. The van der Waals surface area contributed by atoms with Crippen LogP contribution in [0, 0.1) is 0 Å². The van der Waals surface area contributed by atoms with E-state index in [0.717, 1.165) is 28.2 Å². The van der Waals surface area contributed by atoms with Gasteiger partial charge in [-0.25, -0.2) is 0 Å². The molecule has 0 fully saturated rings. The monoisotopic (exact) mass is 612 g/mol. The van der Waals surface area contributed by atoms with Crippen LogP contribution in [-0.2, 0) is 5.41 Å². The van der Waals surface area contributed by atoms with Crippen LogP contribution in [0.2, 0.25) is 0 Å². The van der Waals surface area contributed by atoms with Gasteiger partial charge in [0.05, 0.1) is 5.41 Å². The zero-order valence-electron chi connectivity index (χ0n) is 26.4. The molecule has 0 aliphatic carbocycles. The van der Waals surface area contributed by atoms with Crippen molar-refractivity contribution in [3.05, 3.63) is 216 Å². The van der Waals surface area contributed by atoms with Crippen molar-refractivity contribution in [2.24, 2.45) is 0 Å². The molecule has 0 radical (unpaired) electrons. The number of hydrogen-bond acceptors (Lipinski definition) is 1. The lowest BCUT2D eigenvalue weighted by Gasteiger charge is -2.41. The van der Waals surface area contributed by atoms with Crippen LogP contribution in [-0.4, -0.2) is 0 Å². The van der Waals surface area contributed by atoms with Crippen LogP contribution in [0.1, 0.15) is 22.3 Å². The van der Waals surface area contributed by atoms with E-state index in [9.17, 15) is 0 Å². The fourth-order valence-electron chi connectivity index (χ4n) is 7.77. The molecule has 0 spiro atoms. The third-order valence-corrected chi connectivity index (χ3v) is 9.83. The molecule has 0 aromatic heterocycles. The summed E-state index contributed by atoms with van der Waals surface area (Å²) in [6.07, 6.45) is 0. The topological polar surface area (TPSA) is 9.23 Å². The number of benzene rings is 8. The quantitative estimate of drug-likeness (QED) is 0.188. The molecule has 8 aromatic rings. The largest absolute Gasteiger partial charge is 0.457 e. The van der Waals surface area contributed by atoms with Crippen molar-refractivity contribution in [2.45, 2.75) is 5.41 Å². The van der Waals surface area contributed by atoms with E-state index in [1.165, 1.54) is 49.7 Å². The third kappa shape index (κ3) is 4.40. The Morgan fingerprint density at radius 2 is 0.875 bits per heavy atom. The summed E-state index contributed by atoms with van der Waals surface area (Å²) >= 11 is 0. The molecule has 0 amide bonds. The average molecular weight is 613 g/mol. The second-order valence-electron chi connectivity index (χ2n) is 12.4. The first-order chi connectivity index (χ1) is 23.8. The molecule has 0 bridgehead atoms. The van der Waals surface area contributed by atoms with Crippen molar-refractivity contribution in [1.29, 1.82) is 0 Å². The summed E-state index contributed by atoms with van der Waals surface area (Å²) in [4.78, 5) is 0. The van der Waals surface area contributed by atoms with E-state index in [1.807, 2.05) is 0 Å². The number of ether oxygens (including phenoxy) is 1. The number of hydrogen-bond donors (Lipinski definition) is 0. The van der Waals surface area contributed by atoms with E-state index in [4.69, 9.17) is 4.74 Å². The van der Waals surface area contributed by atoms with E-state index < -0.39 is 5.41 Å². The molecular formula is C47H32O. The Kier molecular flexibility index (Phi) is 6.76. The molecular weight excluding hydrogens is 581 g/mol. The zero-order chi connectivity index (χ0) is 31.9. The lowest BCUT2D eigenvalue weighted by molar-refractivity contribution is 0.435. The van der Waals surface area contributed by atoms with E-state index in [2.05, 4.69) is 194 Å². The fraction of sp³-hybridized carbons (Fsp3) is 0.0213. The van der Waals surface area contributed by atoms with Gasteiger partial charge in [0.2, 0.25) is 0 Å². The van der Waals surface area contributed by atoms with E-state index >= 15 is 0 Å². The average Bonchev–Trinajstić information content (AvgIpc) is 3.17. The minimum Gasteiger partial charge on any atom is -0.457 e. The Bertz CT molecular complexity index is 2360. The molecule has 0 saturated heterocycles. The Labute approximate surface area is 281 Å². The highest BCUT2D eigenvalue weighted by atomic mass is 16.5. The van der Waals surface area contributed by atoms with Crippen LogP contribution in [0.25, 0.3) is 44.2 Å². The molecule has 1 heterocycles. The van der Waals surface area contributed by atoms with E-state index in [0.29, 0.717) is 0 Å². The summed E-state index contributed by atoms with van der Waals surface area (Å²) in [5.41, 5.74) is 11.3. The summed E-state index contributed by atoms with van der Waals surface area (Å²) in [7, 11) is 0. The van der Waals surface area contributed by atoms with Gasteiger partial charge in [-0.3, -0.25) is 0 Å². The maximum atomic E-state index is 6.83. The van der Waals surface area contributed by atoms with Crippen LogP contribution in [0.3, 0.4) is 0 Å². The van der Waals surface area contributed by atoms with Crippen molar-refractivity contribution in [3.8, 4) is 44.9 Å². The normalized spacial score (nSPS) is 12.9. The molecule has 9 rings (SSSR count). The standard InChI is InChI=1S/C47H32O/c1-4-16-33(17-5-1)39-26-14-18-34-19-15-27-41(46(34)39)40-25-11-10-24-38(40)35-30-31-43-45(32-35)48-44-29-13-12-28-42(44)47(43,36-20-6-2-7-21-36)37-22-8-3-9-23-37/h1-32H. The second-order valence-corrected chi connectivity index (χ2v) is 12.4. The van der Waals surface area contributed by atoms with Crippen molar-refractivity contribution in [1.82, 2.24) is 0 Å². The Balaban J connectivity index is 1.28. The lowest BCUT2D eigenvalue weighted by Crippen LogP contribution is -2.34. The predicted molar refractivity (Wildman–Crippen MR) is 199 cm³/mol. The molecule has 0 saturated carbocycles. The van der Waals surface area contributed by atoms with Crippen LogP contribution >= 0.6 is 0 Å². The molecule has 0 unspecified atom stereocenters. The smallest absolute Gasteiger partial charge is 0.132 e. The zero-order valence-corrected chi connectivity index (χ0v) is 26.4. The summed E-state index contributed by atoms with van der Waals surface area (Å²) in [5.74, 6) is 1.75. The van der Waals surface area contributed by atoms with Gasteiger partial charge in [0.25, 0.3) is 0 Å². The molecule has 0 atom stereocenters. The Morgan fingerprint density at radius 1 is 0.333 bits per heavy atom. The molecule has 8 aromatic carbocycles. The minimum atomic E-state index is -0.537. The first-order valence-corrected chi connectivity index (χ1v) is 16.5. The maximum Gasteiger partial charge on any atom is 0.132 e. The van der Waals surface area contributed by atoms with E-state index in [-0.39, 0.29) is 0 Å². The molecule has 1 aliphatic rings. The summed E-state index contributed by atoms with van der Waals surface area (Å²) in [5, 5.41) is 2.48. The molecule has 226 valence electrons. The van der Waals surface area contributed by atoms with Crippen molar-refractivity contribution in [2.75, 3.05) is 0 Å². The molecule has 1 heteroatoms. The van der Waals surface area contributed by atoms with Crippen LogP contribution in [0.15, 0.2) is 194 Å². The second kappa shape index (κ2) is 11.6. The van der Waals surface area contributed by atoms with Gasteiger partial charge in [0.1, 0.15) is 11.5 Å². The Hall–Kier alpha value is -6.18. The van der Waals surface area contributed by atoms with Gasteiger partial charge in [0.15, 0.2) is 0 Å². The molecule has 48 heavy (non-hydrogen) atoms. The summed E-state index contributed by atoms with van der Waals surface area (Å²) in [6.45, 7) is 0. The van der Waals surface area contributed by atoms with Crippen LogP contribution < -0.4 is 4.74 Å². The van der Waals surface area contributed by atoms with Gasteiger partial charge in [-0.2, -0.15) is 0 Å². The highest BCUT2D eigenvalue weighted by Gasteiger charge is 2.45. The van der Waals surface area contributed by atoms with Crippen molar-refractivity contribution >= 4 is 10.8 Å². The summed E-state index contributed by atoms with van der Waals surface area (Å²) < 4.78 is 6.83. The van der Waals surface area contributed by atoms with Crippen molar-refractivity contribution in [3.63, 3.8) is 0 Å². The van der Waals surface area contributed by atoms with Crippen LogP contribution in [0.4, 0.5) is 0 Å². The molecule has 0 N–H and O–H groups in total. The van der Waals surface area contributed by atoms with Gasteiger partial charge < -0.3 is 4.74 Å². The predicted octanol–water partition coefficient (Wildman–Crippen LogP) is 12.3. The number of rotatable bonds is 5. The van der Waals surface area contributed by atoms with Crippen molar-refractivity contribution < 1.29 is 4.74 Å². The highest BCUT2D eigenvalue weighted by molar-refractivity contribution is 6.08. The first-order valence-electron chi connectivity index (χ1n) is 16.5. The highest BCUT2D eigenvalue weighted by Crippen LogP contribution is 2.56. The van der Waals surface area contributed by atoms with Gasteiger partial charge in [-0.15, -0.1) is 0 Å². The molecule has 1 aliphatic heterocycles.